The maximum atomic E-state index is 14.0. The first-order valence-electron chi connectivity index (χ1n) is 11.3. The molecule has 3 rings (SSSR count). The number of nitro groups is 1. The lowest BCUT2D eigenvalue weighted by Crippen LogP contribution is -2.41. The van der Waals surface area contributed by atoms with Crippen molar-refractivity contribution in [3.05, 3.63) is 75.6 Å². The Bertz CT molecular complexity index is 968. The van der Waals surface area contributed by atoms with Gasteiger partial charge in [-0.05, 0) is 23.6 Å². The zero-order chi connectivity index (χ0) is 24.0. The molecule has 2 aromatic rings. The number of hydrogen-bond acceptors (Lipinski definition) is 5. The maximum absolute atomic E-state index is 14.0. The van der Waals surface area contributed by atoms with Crippen molar-refractivity contribution in [2.45, 2.75) is 26.3 Å². The highest BCUT2D eigenvalue weighted by atomic mass is 19.1. The van der Waals surface area contributed by atoms with Crippen molar-refractivity contribution in [2.75, 3.05) is 39.9 Å². The van der Waals surface area contributed by atoms with Gasteiger partial charge in [-0.2, -0.15) is 0 Å². The average Bonchev–Trinajstić information content (AvgIpc) is 3.18. The second-order valence-electron chi connectivity index (χ2n) is 8.93. The molecule has 0 aliphatic carbocycles. The van der Waals surface area contributed by atoms with E-state index in [2.05, 4.69) is 4.90 Å². The SMILES string of the molecule is COCCN(CC1CN(Cc2ccccc2[N+](=O)[O-])CC1c1cccc(F)c1)C(=O)C(C)C. The Morgan fingerprint density at radius 2 is 2.00 bits per heavy atom. The van der Waals surface area contributed by atoms with Crippen molar-refractivity contribution in [3.63, 3.8) is 0 Å². The van der Waals surface area contributed by atoms with Gasteiger partial charge in [0.15, 0.2) is 0 Å². The van der Waals surface area contributed by atoms with E-state index in [1.807, 2.05) is 24.8 Å². The van der Waals surface area contributed by atoms with Gasteiger partial charge in [-0.1, -0.05) is 44.2 Å². The van der Waals surface area contributed by atoms with Crippen molar-refractivity contribution in [3.8, 4) is 0 Å². The van der Waals surface area contributed by atoms with Crippen LogP contribution < -0.4 is 0 Å². The fraction of sp³-hybridized carbons (Fsp3) is 0.480. The van der Waals surface area contributed by atoms with Crippen molar-refractivity contribution in [1.82, 2.24) is 9.80 Å². The number of nitrogens with zero attached hydrogens (tertiary/aromatic N) is 3. The smallest absolute Gasteiger partial charge is 0.273 e. The zero-order valence-electron chi connectivity index (χ0n) is 19.4. The van der Waals surface area contributed by atoms with Crippen molar-refractivity contribution < 1.29 is 18.8 Å². The van der Waals surface area contributed by atoms with E-state index < -0.39 is 0 Å². The Morgan fingerprint density at radius 3 is 2.67 bits per heavy atom. The molecule has 0 radical (unpaired) electrons. The molecule has 1 fully saturated rings. The number of nitro benzene ring substituents is 1. The molecule has 2 unspecified atom stereocenters. The van der Waals surface area contributed by atoms with Crippen LogP contribution in [0.5, 0.6) is 0 Å². The van der Waals surface area contributed by atoms with E-state index in [0.717, 1.165) is 5.56 Å². The molecule has 0 saturated carbocycles. The molecule has 1 amide bonds. The number of carbonyl (C=O) groups excluding carboxylic acids is 1. The van der Waals surface area contributed by atoms with Gasteiger partial charge >= 0.3 is 0 Å². The van der Waals surface area contributed by atoms with Gasteiger partial charge < -0.3 is 9.64 Å². The Balaban J connectivity index is 1.86. The van der Waals surface area contributed by atoms with Crippen LogP contribution in [0, 0.1) is 27.8 Å². The van der Waals surface area contributed by atoms with Crippen molar-refractivity contribution in [2.24, 2.45) is 11.8 Å². The normalized spacial score (nSPS) is 18.6. The summed E-state index contributed by atoms with van der Waals surface area (Å²) in [4.78, 5) is 27.9. The van der Waals surface area contributed by atoms with E-state index in [4.69, 9.17) is 4.74 Å². The molecule has 178 valence electrons. The van der Waals surface area contributed by atoms with Gasteiger partial charge in [-0.25, -0.2) is 4.39 Å². The monoisotopic (exact) mass is 457 g/mol. The standard InChI is InChI=1S/C25H32FN3O4/c1-18(2)25(30)28(11-12-33-3)16-21-15-27(14-20-7-4-5-10-24(20)29(31)32)17-23(21)19-8-6-9-22(26)13-19/h4-10,13,18,21,23H,11-12,14-17H2,1-3H3. The van der Waals surface area contributed by atoms with Crippen molar-refractivity contribution >= 4 is 11.6 Å². The minimum Gasteiger partial charge on any atom is -0.383 e. The fourth-order valence-corrected chi connectivity index (χ4v) is 4.59. The van der Waals surface area contributed by atoms with Crippen LogP contribution in [-0.4, -0.2) is 60.5 Å². The van der Waals surface area contributed by atoms with Crippen LogP contribution in [0.2, 0.25) is 0 Å². The minimum atomic E-state index is -0.360. The molecule has 33 heavy (non-hydrogen) atoms. The zero-order valence-corrected chi connectivity index (χ0v) is 19.4. The number of halogens is 1. The highest BCUT2D eigenvalue weighted by molar-refractivity contribution is 5.78. The first kappa shape index (κ1) is 24.8. The van der Waals surface area contributed by atoms with Crippen LogP contribution in [0.25, 0.3) is 0 Å². The van der Waals surface area contributed by atoms with E-state index >= 15 is 0 Å². The summed E-state index contributed by atoms with van der Waals surface area (Å²) in [6.45, 7) is 6.92. The number of hydrogen-bond donors (Lipinski definition) is 0. The Labute approximate surface area is 194 Å². The summed E-state index contributed by atoms with van der Waals surface area (Å²) in [5, 5.41) is 11.5. The Kier molecular flexibility index (Phi) is 8.52. The van der Waals surface area contributed by atoms with E-state index in [1.165, 1.54) is 12.1 Å². The predicted octanol–water partition coefficient (Wildman–Crippen LogP) is 4.08. The second-order valence-corrected chi connectivity index (χ2v) is 8.93. The summed E-state index contributed by atoms with van der Waals surface area (Å²) in [5.74, 6) is -0.304. The lowest BCUT2D eigenvalue weighted by atomic mass is 9.88. The van der Waals surface area contributed by atoms with Crippen LogP contribution in [-0.2, 0) is 16.1 Å². The largest absolute Gasteiger partial charge is 0.383 e. The first-order chi connectivity index (χ1) is 15.8. The maximum Gasteiger partial charge on any atom is 0.273 e. The number of amides is 1. The second kappa shape index (κ2) is 11.3. The first-order valence-corrected chi connectivity index (χ1v) is 11.3. The molecule has 8 heteroatoms. The number of methoxy groups -OCH3 is 1. The van der Waals surface area contributed by atoms with Crippen LogP contribution in [0.4, 0.5) is 10.1 Å². The van der Waals surface area contributed by atoms with Gasteiger partial charge in [0.1, 0.15) is 5.82 Å². The fourth-order valence-electron chi connectivity index (χ4n) is 4.59. The summed E-state index contributed by atoms with van der Waals surface area (Å²) in [7, 11) is 1.61. The molecule has 1 aliphatic rings. The quantitative estimate of drug-likeness (QED) is 0.397. The molecule has 1 aliphatic heterocycles. The molecule has 1 heterocycles. The molecular formula is C25H32FN3O4. The number of likely N-dealkylation sites (tertiary alicyclic amines) is 1. The van der Waals surface area contributed by atoms with Crippen molar-refractivity contribution in [1.29, 1.82) is 0 Å². The molecule has 2 aromatic carbocycles. The number of benzene rings is 2. The van der Waals surface area contributed by atoms with Crippen LogP contribution in [0.15, 0.2) is 48.5 Å². The number of ether oxygens (including phenoxy) is 1. The third kappa shape index (κ3) is 6.36. The number of para-hydroxylation sites is 1. The van der Waals surface area contributed by atoms with Crippen LogP contribution in [0.1, 0.15) is 30.9 Å². The summed E-state index contributed by atoms with van der Waals surface area (Å²) < 4.78 is 19.2. The highest BCUT2D eigenvalue weighted by Crippen LogP contribution is 2.35. The summed E-state index contributed by atoms with van der Waals surface area (Å²) >= 11 is 0. The third-order valence-electron chi connectivity index (χ3n) is 6.20. The molecule has 0 bridgehead atoms. The molecule has 0 spiro atoms. The number of rotatable bonds is 10. The minimum absolute atomic E-state index is 0.00785. The molecule has 1 saturated heterocycles. The van der Waals surface area contributed by atoms with E-state index in [9.17, 15) is 19.3 Å². The molecule has 2 atom stereocenters. The van der Waals surface area contributed by atoms with E-state index in [-0.39, 0.29) is 40.1 Å². The van der Waals surface area contributed by atoms with Gasteiger partial charge in [0, 0.05) is 63.3 Å². The van der Waals surface area contributed by atoms with Gasteiger partial charge in [0.2, 0.25) is 5.91 Å². The highest BCUT2D eigenvalue weighted by Gasteiger charge is 2.36. The lowest BCUT2D eigenvalue weighted by molar-refractivity contribution is -0.385. The van der Waals surface area contributed by atoms with E-state index in [0.29, 0.717) is 44.9 Å². The molecule has 7 nitrogen and oxygen atoms in total. The summed E-state index contributed by atoms with van der Waals surface area (Å²) in [6.07, 6.45) is 0. The van der Waals surface area contributed by atoms with E-state index in [1.54, 1.807) is 37.4 Å². The van der Waals surface area contributed by atoms with Gasteiger partial charge in [-0.3, -0.25) is 19.8 Å². The predicted molar refractivity (Wildman–Crippen MR) is 124 cm³/mol. The lowest BCUT2D eigenvalue weighted by Gasteiger charge is -2.29. The average molecular weight is 458 g/mol. The molecule has 0 N–H and O–H groups in total. The summed E-state index contributed by atoms with van der Waals surface area (Å²) in [5.41, 5.74) is 1.63. The van der Waals surface area contributed by atoms with Crippen LogP contribution in [0.3, 0.4) is 0 Å². The Hall–Kier alpha value is -2.84. The summed E-state index contributed by atoms with van der Waals surface area (Å²) in [6, 6.07) is 13.3. The Morgan fingerprint density at radius 1 is 1.24 bits per heavy atom. The topological polar surface area (TPSA) is 75.9 Å². The van der Waals surface area contributed by atoms with Gasteiger partial charge in [-0.15, -0.1) is 0 Å². The van der Waals surface area contributed by atoms with Crippen LogP contribution >= 0.6 is 0 Å². The van der Waals surface area contributed by atoms with Gasteiger partial charge in [0.05, 0.1) is 11.5 Å². The molecule has 0 aromatic heterocycles. The number of carbonyl (C=O) groups is 1. The molecular weight excluding hydrogens is 425 g/mol. The third-order valence-corrected chi connectivity index (χ3v) is 6.20. The van der Waals surface area contributed by atoms with Gasteiger partial charge in [0.25, 0.3) is 5.69 Å².